The van der Waals surface area contributed by atoms with Crippen LogP contribution >= 0.6 is 0 Å². The van der Waals surface area contributed by atoms with Gasteiger partial charge in [0.2, 0.25) is 5.91 Å². The summed E-state index contributed by atoms with van der Waals surface area (Å²) in [5, 5.41) is 0. The summed E-state index contributed by atoms with van der Waals surface area (Å²) in [7, 11) is 2.06. The Balaban J connectivity index is 1.87. The molecule has 1 aliphatic rings. The second-order valence-electron chi connectivity index (χ2n) is 6.36. The number of anilines is 1. The van der Waals surface area contributed by atoms with Gasteiger partial charge in [0.1, 0.15) is 5.82 Å². The molecule has 3 nitrogen and oxygen atoms in total. The molecule has 1 heterocycles. The summed E-state index contributed by atoms with van der Waals surface area (Å²) in [6.45, 7) is 3.46. The van der Waals surface area contributed by atoms with E-state index in [0.29, 0.717) is 12.1 Å². The largest absolute Gasteiger partial charge is 0.372 e. The number of carbonyl (C=O) groups is 1. The molecule has 0 bridgehead atoms. The van der Waals surface area contributed by atoms with Gasteiger partial charge in [0, 0.05) is 31.9 Å². The van der Waals surface area contributed by atoms with Crippen LogP contribution in [0.4, 0.5) is 10.1 Å². The van der Waals surface area contributed by atoms with Crippen LogP contribution in [-0.2, 0) is 17.8 Å². The van der Waals surface area contributed by atoms with Crippen molar-refractivity contribution in [2.45, 2.75) is 32.4 Å². The van der Waals surface area contributed by atoms with Crippen LogP contribution in [0.5, 0.6) is 0 Å². The van der Waals surface area contributed by atoms with E-state index < -0.39 is 0 Å². The van der Waals surface area contributed by atoms with Crippen LogP contribution in [-0.4, -0.2) is 30.4 Å². The van der Waals surface area contributed by atoms with E-state index in [1.807, 2.05) is 17.0 Å². The van der Waals surface area contributed by atoms with Gasteiger partial charge in [-0.3, -0.25) is 4.79 Å². The second-order valence-corrected chi connectivity index (χ2v) is 6.36. The van der Waals surface area contributed by atoms with Crippen molar-refractivity contribution in [3.05, 3.63) is 65.5 Å². The van der Waals surface area contributed by atoms with Crippen molar-refractivity contribution in [1.82, 2.24) is 4.90 Å². The number of hydrogen-bond donors (Lipinski definition) is 0. The molecule has 0 N–H and O–H groups in total. The van der Waals surface area contributed by atoms with Gasteiger partial charge >= 0.3 is 0 Å². The summed E-state index contributed by atoms with van der Waals surface area (Å²) in [5.74, 6) is -0.330. The van der Waals surface area contributed by atoms with E-state index in [1.54, 1.807) is 18.2 Å². The zero-order valence-corrected chi connectivity index (χ0v) is 14.2. The summed E-state index contributed by atoms with van der Waals surface area (Å²) >= 11 is 0. The summed E-state index contributed by atoms with van der Waals surface area (Å²) < 4.78 is 13.9. The monoisotopic (exact) mass is 326 g/mol. The van der Waals surface area contributed by atoms with Crippen molar-refractivity contribution in [2.75, 3.05) is 18.5 Å². The van der Waals surface area contributed by atoms with Crippen LogP contribution in [0.1, 0.15) is 24.5 Å². The maximum absolute atomic E-state index is 13.9. The zero-order valence-electron chi connectivity index (χ0n) is 14.2. The number of amides is 1. The topological polar surface area (TPSA) is 23.6 Å². The zero-order chi connectivity index (χ0) is 17.1. The standard InChI is InChI=1S/C20H23FN2O/c1-3-17-14-22(2)19-11-7-5-9-16(19)13-23(17)20(24)12-15-8-4-6-10-18(15)21/h4-11,17H,3,12-14H2,1-2H3. The summed E-state index contributed by atoms with van der Waals surface area (Å²) in [6, 6.07) is 14.8. The fraction of sp³-hybridized carbons (Fsp3) is 0.350. The predicted molar refractivity (Wildman–Crippen MR) is 94.4 cm³/mol. The molecule has 1 unspecified atom stereocenters. The molecule has 4 heteroatoms. The van der Waals surface area contributed by atoms with Gasteiger partial charge in [-0.2, -0.15) is 0 Å². The van der Waals surface area contributed by atoms with Crippen LogP contribution in [0.3, 0.4) is 0 Å². The Morgan fingerprint density at radius 3 is 2.62 bits per heavy atom. The smallest absolute Gasteiger partial charge is 0.227 e. The molecule has 3 rings (SSSR count). The lowest BCUT2D eigenvalue weighted by atomic mass is 10.1. The molecule has 126 valence electrons. The molecule has 0 saturated heterocycles. The Morgan fingerprint density at radius 1 is 1.17 bits per heavy atom. The highest BCUT2D eigenvalue weighted by atomic mass is 19.1. The quantitative estimate of drug-likeness (QED) is 0.860. The molecule has 24 heavy (non-hydrogen) atoms. The number of carbonyl (C=O) groups excluding carboxylic acids is 1. The maximum atomic E-state index is 13.9. The molecular weight excluding hydrogens is 303 g/mol. The van der Waals surface area contributed by atoms with E-state index in [-0.39, 0.29) is 24.2 Å². The average molecular weight is 326 g/mol. The van der Waals surface area contributed by atoms with Gasteiger partial charge in [-0.05, 0) is 29.7 Å². The third-order valence-electron chi connectivity index (χ3n) is 4.76. The minimum atomic E-state index is -0.314. The highest BCUT2D eigenvalue weighted by Gasteiger charge is 2.28. The minimum absolute atomic E-state index is 0.0166. The minimum Gasteiger partial charge on any atom is -0.372 e. The lowest BCUT2D eigenvalue weighted by Crippen LogP contribution is -2.44. The van der Waals surface area contributed by atoms with Crippen LogP contribution in [0.2, 0.25) is 0 Å². The Morgan fingerprint density at radius 2 is 1.88 bits per heavy atom. The molecule has 0 aliphatic carbocycles. The van der Waals surface area contributed by atoms with Gasteiger partial charge in [-0.1, -0.05) is 43.3 Å². The molecule has 1 amide bonds. The molecule has 1 atom stereocenters. The first kappa shape index (κ1) is 16.5. The molecule has 2 aromatic carbocycles. The van der Waals surface area contributed by atoms with E-state index in [9.17, 15) is 9.18 Å². The third kappa shape index (κ3) is 3.28. The Hall–Kier alpha value is -2.36. The van der Waals surface area contributed by atoms with E-state index in [4.69, 9.17) is 0 Å². The van der Waals surface area contributed by atoms with Crippen LogP contribution in [0.25, 0.3) is 0 Å². The van der Waals surface area contributed by atoms with Gasteiger partial charge < -0.3 is 9.80 Å². The molecule has 0 spiro atoms. The Kier molecular flexibility index (Phi) is 4.84. The van der Waals surface area contributed by atoms with Crippen molar-refractivity contribution < 1.29 is 9.18 Å². The van der Waals surface area contributed by atoms with Crippen LogP contribution in [0, 0.1) is 5.82 Å². The first-order valence-electron chi connectivity index (χ1n) is 8.42. The first-order valence-corrected chi connectivity index (χ1v) is 8.42. The van der Waals surface area contributed by atoms with Gasteiger partial charge in [0.15, 0.2) is 0 Å². The lowest BCUT2D eigenvalue weighted by molar-refractivity contribution is -0.133. The number of para-hydroxylation sites is 1. The first-order chi connectivity index (χ1) is 11.6. The fourth-order valence-electron chi connectivity index (χ4n) is 3.39. The highest BCUT2D eigenvalue weighted by molar-refractivity contribution is 5.79. The Labute approximate surface area is 142 Å². The SMILES string of the molecule is CCC1CN(C)c2ccccc2CN1C(=O)Cc1ccccc1F. The molecule has 0 fully saturated rings. The average Bonchev–Trinajstić information content (AvgIpc) is 2.74. The molecule has 0 radical (unpaired) electrons. The van der Waals surface area contributed by atoms with Crippen LogP contribution in [0.15, 0.2) is 48.5 Å². The molecule has 1 aliphatic heterocycles. The van der Waals surface area contributed by atoms with Gasteiger partial charge in [0.25, 0.3) is 0 Å². The maximum Gasteiger partial charge on any atom is 0.227 e. The molecule has 0 saturated carbocycles. The third-order valence-corrected chi connectivity index (χ3v) is 4.76. The van der Waals surface area contributed by atoms with Crippen molar-refractivity contribution in [3.63, 3.8) is 0 Å². The summed E-state index contributed by atoms with van der Waals surface area (Å²) in [6.07, 6.45) is 0.983. The van der Waals surface area contributed by atoms with Crippen molar-refractivity contribution in [2.24, 2.45) is 0 Å². The summed E-state index contributed by atoms with van der Waals surface area (Å²) in [4.78, 5) is 17.0. The van der Waals surface area contributed by atoms with Crippen molar-refractivity contribution >= 4 is 11.6 Å². The fourth-order valence-corrected chi connectivity index (χ4v) is 3.39. The van der Waals surface area contributed by atoms with E-state index in [1.165, 1.54) is 6.07 Å². The number of fused-ring (bicyclic) bond motifs is 1. The lowest BCUT2D eigenvalue weighted by Gasteiger charge is -2.31. The van der Waals surface area contributed by atoms with E-state index in [2.05, 4.69) is 31.0 Å². The Bertz CT molecular complexity index is 731. The predicted octanol–water partition coefficient (Wildman–Crippen LogP) is 3.63. The molecular formula is C20H23FN2O. The van der Waals surface area contributed by atoms with Crippen LogP contribution < -0.4 is 4.90 Å². The summed E-state index contributed by atoms with van der Waals surface area (Å²) in [5.41, 5.74) is 2.76. The number of halogens is 1. The van der Waals surface area contributed by atoms with Crippen molar-refractivity contribution in [1.29, 1.82) is 0 Å². The number of hydrogen-bond acceptors (Lipinski definition) is 2. The number of nitrogens with zero attached hydrogens (tertiary/aromatic N) is 2. The number of likely N-dealkylation sites (N-methyl/N-ethyl adjacent to an activating group) is 1. The van der Waals surface area contributed by atoms with E-state index in [0.717, 1.165) is 24.2 Å². The molecule has 0 aromatic heterocycles. The van der Waals surface area contributed by atoms with E-state index >= 15 is 0 Å². The number of benzene rings is 2. The van der Waals surface area contributed by atoms with Gasteiger partial charge in [-0.15, -0.1) is 0 Å². The van der Waals surface area contributed by atoms with Gasteiger partial charge in [-0.25, -0.2) is 4.39 Å². The second kappa shape index (κ2) is 7.04. The van der Waals surface area contributed by atoms with Gasteiger partial charge in [0.05, 0.1) is 6.42 Å². The highest BCUT2D eigenvalue weighted by Crippen LogP contribution is 2.27. The molecule has 2 aromatic rings. The number of rotatable bonds is 3. The normalized spacial score (nSPS) is 17.4. The van der Waals surface area contributed by atoms with Crippen molar-refractivity contribution in [3.8, 4) is 0 Å².